The fourth-order valence-corrected chi connectivity index (χ4v) is 3.25. The Bertz CT molecular complexity index is 738. The fraction of sp³-hybridized carbons (Fsp3) is 0.350. The maximum Gasteiger partial charge on any atom is 0.211 e. The average Bonchev–Trinajstić information content (AvgIpc) is 2.61. The van der Waals surface area contributed by atoms with E-state index in [1.807, 2.05) is 24.3 Å². The van der Waals surface area contributed by atoms with Crippen LogP contribution in [0.5, 0.6) is 0 Å². The summed E-state index contributed by atoms with van der Waals surface area (Å²) < 4.78 is 0. The lowest BCUT2D eigenvalue weighted by atomic mass is 10.0. The van der Waals surface area contributed by atoms with Gasteiger partial charge in [0.05, 0.1) is 11.4 Å². The molecule has 2 aromatic rings. The van der Waals surface area contributed by atoms with Crippen molar-refractivity contribution in [3.63, 3.8) is 0 Å². The summed E-state index contributed by atoms with van der Waals surface area (Å²) in [6.45, 7) is 6.22. The molecule has 0 aliphatic carbocycles. The normalized spacial score (nSPS) is 14.8. The van der Waals surface area contributed by atoms with E-state index in [0.29, 0.717) is 6.04 Å². The number of aryl methyl sites for hydroxylation is 2. The first-order valence-electron chi connectivity index (χ1n) is 8.82. The Balaban J connectivity index is 1.93. The Morgan fingerprint density at radius 3 is 2.52 bits per heavy atom. The molecule has 1 aliphatic heterocycles. The van der Waals surface area contributed by atoms with E-state index in [1.165, 1.54) is 5.56 Å². The molecule has 3 rings (SSSR count). The smallest absolute Gasteiger partial charge is 0.211 e. The molecule has 2 aromatic carbocycles. The molecular formula is C20H26N4O. The quantitative estimate of drug-likeness (QED) is 0.605. The number of carbonyl (C=O) groups is 1. The molecule has 5 heteroatoms. The van der Waals surface area contributed by atoms with E-state index in [0.717, 1.165) is 60.7 Å². The molecule has 0 atom stereocenters. The van der Waals surface area contributed by atoms with Crippen molar-refractivity contribution >= 4 is 29.2 Å². The average molecular weight is 338 g/mol. The maximum absolute atomic E-state index is 10.9. The second-order valence-electron chi connectivity index (χ2n) is 6.59. The second kappa shape index (κ2) is 8.03. The van der Waals surface area contributed by atoms with E-state index in [4.69, 9.17) is 0 Å². The molecule has 1 heterocycles. The summed E-state index contributed by atoms with van der Waals surface area (Å²) in [7, 11) is 0. The van der Waals surface area contributed by atoms with E-state index in [9.17, 15) is 4.79 Å². The molecular weight excluding hydrogens is 312 g/mol. The largest absolute Gasteiger partial charge is 0.380 e. The van der Waals surface area contributed by atoms with Gasteiger partial charge in [-0.1, -0.05) is 18.2 Å². The van der Waals surface area contributed by atoms with Crippen LogP contribution >= 0.6 is 0 Å². The summed E-state index contributed by atoms with van der Waals surface area (Å²) in [6, 6.07) is 12.7. The van der Waals surface area contributed by atoms with Crippen molar-refractivity contribution in [3.8, 4) is 0 Å². The van der Waals surface area contributed by atoms with Crippen LogP contribution < -0.4 is 21.3 Å². The molecule has 0 spiro atoms. The molecule has 1 fully saturated rings. The van der Waals surface area contributed by atoms with E-state index in [1.54, 1.807) is 0 Å². The van der Waals surface area contributed by atoms with Crippen molar-refractivity contribution in [1.29, 1.82) is 0 Å². The van der Waals surface area contributed by atoms with E-state index < -0.39 is 0 Å². The Morgan fingerprint density at radius 1 is 1.04 bits per heavy atom. The summed E-state index contributed by atoms with van der Waals surface area (Å²) in [6.07, 6.45) is 2.90. The minimum Gasteiger partial charge on any atom is -0.380 e. The third kappa shape index (κ3) is 4.31. The van der Waals surface area contributed by atoms with Crippen LogP contribution in [0.3, 0.4) is 0 Å². The zero-order chi connectivity index (χ0) is 17.6. The van der Waals surface area contributed by atoms with Gasteiger partial charge in [-0.2, -0.15) is 0 Å². The van der Waals surface area contributed by atoms with Crippen molar-refractivity contribution in [2.24, 2.45) is 0 Å². The number of rotatable bonds is 6. The van der Waals surface area contributed by atoms with Crippen LogP contribution in [0.1, 0.15) is 24.0 Å². The van der Waals surface area contributed by atoms with Crippen molar-refractivity contribution in [1.82, 2.24) is 5.32 Å². The number of benzene rings is 2. The number of carbonyl (C=O) groups excluding carboxylic acids is 1. The Kier molecular flexibility index (Phi) is 5.56. The van der Waals surface area contributed by atoms with Crippen LogP contribution in [0, 0.1) is 13.8 Å². The number of hydrogen-bond donors (Lipinski definition) is 4. The third-order valence-electron chi connectivity index (χ3n) is 4.66. The number of para-hydroxylation sites is 1. The first-order valence-corrected chi connectivity index (χ1v) is 8.82. The monoisotopic (exact) mass is 338 g/mol. The first kappa shape index (κ1) is 17.3. The molecule has 0 bridgehead atoms. The maximum atomic E-state index is 10.9. The van der Waals surface area contributed by atoms with Crippen molar-refractivity contribution in [2.45, 2.75) is 32.7 Å². The standard InChI is InChI=1S/C20H26N4O/c1-14-5-3-4-6-18(14)24-20-15(2)11-17(22-13-25)12-19(20)23-16-7-9-21-10-8-16/h3-6,11-13,16,21,23-24H,7-10H2,1-2H3,(H,22,25). The molecule has 0 radical (unpaired) electrons. The molecule has 132 valence electrons. The van der Waals surface area contributed by atoms with Gasteiger partial charge < -0.3 is 21.3 Å². The highest BCUT2D eigenvalue weighted by atomic mass is 16.1. The lowest BCUT2D eigenvalue weighted by Crippen LogP contribution is -2.35. The number of anilines is 4. The highest BCUT2D eigenvalue weighted by molar-refractivity contribution is 5.84. The molecule has 1 aliphatic rings. The number of amides is 1. The van der Waals surface area contributed by atoms with Gasteiger partial charge in [0.1, 0.15) is 0 Å². The zero-order valence-electron chi connectivity index (χ0n) is 14.9. The molecule has 4 N–H and O–H groups in total. The molecule has 1 saturated heterocycles. The first-order chi connectivity index (χ1) is 12.2. The summed E-state index contributed by atoms with van der Waals surface area (Å²) in [4.78, 5) is 10.9. The predicted molar refractivity (Wildman–Crippen MR) is 105 cm³/mol. The highest BCUT2D eigenvalue weighted by Crippen LogP contribution is 2.34. The van der Waals surface area contributed by atoms with Crippen LogP contribution in [-0.2, 0) is 4.79 Å². The molecule has 1 amide bonds. The molecule has 5 nitrogen and oxygen atoms in total. The molecule has 0 aromatic heterocycles. The summed E-state index contributed by atoms with van der Waals surface area (Å²) in [5, 5.41) is 13.4. The Hall–Kier alpha value is -2.53. The topological polar surface area (TPSA) is 65.2 Å². The van der Waals surface area contributed by atoms with Gasteiger partial charge >= 0.3 is 0 Å². The third-order valence-corrected chi connectivity index (χ3v) is 4.66. The molecule has 0 unspecified atom stereocenters. The van der Waals surface area contributed by atoms with Crippen molar-refractivity contribution in [2.75, 3.05) is 29.0 Å². The highest BCUT2D eigenvalue weighted by Gasteiger charge is 2.16. The number of piperidine rings is 1. The Morgan fingerprint density at radius 2 is 1.80 bits per heavy atom. The SMILES string of the molecule is Cc1ccccc1Nc1c(C)cc(NC=O)cc1NC1CCNCC1. The van der Waals surface area contributed by atoms with Crippen LogP contribution in [0.25, 0.3) is 0 Å². The summed E-state index contributed by atoms with van der Waals surface area (Å²) in [5.41, 5.74) is 6.27. The van der Waals surface area contributed by atoms with E-state index >= 15 is 0 Å². The minimum absolute atomic E-state index is 0.435. The van der Waals surface area contributed by atoms with Crippen molar-refractivity contribution in [3.05, 3.63) is 47.5 Å². The van der Waals surface area contributed by atoms with Crippen molar-refractivity contribution < 1.29 is 4.79 Å². The summed E-state index contributed by atoms with van der Waals surface area (Å²) in [5.74, 6) is 0. The zero-order valence-corrected chi connectivity index (χ0v) is 14.9. The van der Waals surface area contributed by atoms with E-state index in [2.05, 4.69) is 47.2 Å². The van der Waals surface area contributed by atoms with Crippen LogP contribution in [-0.4, -0.2) is 25.5 Å². The second-order valence-corrected chi connectivity index (χ2v) is 6.59. The van der Waals surface area contributed by atoms with Gasteiger partial charge in [-0.05, 0) is 69.1 Å². The predicted octanol–water partition coefficient (Wildman–Crippen LogP) is 3.78. The Labute approximate surface area is 149 Å². The summed E-state index contributed by atoms with van der Waals surface area (Å²) >= 11 is 0. The van der Waals surface area contributed by atoms with Gasteiger partial charge in [0.15, 0.2) is 0 Å². The van der Waals surface area contributed by atoms with E-state index in [-0.39, 0.29) is 0 Å². The fourth-order valence-electron chi connectivity index (χ4n) is 3.25. The number of nitrogens with one attached hydrogen (secondary N) is 4. The van der Waals surface area contributed by atoms with Gasteiger partial charge in [-0.3, -0.25) is 4.79 Å². The minimum atomic E-state index is 0.435. The lowest BCUT2D eigenvalue weighted by molar-refractivity contribution is -0.105. The van der Waals surface area contributed by atoms with Gasteiger partial charge in [-0.25, -0.2) is 0 Å². The van der Waals surface area contributed by atoms with Gasteiger partial charge in [0.2, 0.25) is 6.41 Å². The van der Waals surface area contributed by atoms with Crippen LogP contribution in [0.2, 0.25) is 0 Å². The van der Waals surface area contributed by atoms with Gasteiger partial charge in [0, 0.05) is 17.4 Å². The van der Waals surface area contributed by atoms with Crippen LogP contribution in [0.15, 0.2) is 36.4 Å². The molecule has 25 heavy (non-hydrogen) atoms. The molecule has 0 saturated carbocycles. The number of hydrogen-bond acceptors (Lipinski definition) is 4. The van der Waals surface area contributed by atoms with Crippen LogP contribution in [0.4, 0.5) is 22.7 Å². The van der Waals surface area contributed by atoms with Gasteiger partial charge in [0.25, 0.3) is 0 Å². The van der Waals surface area contributed by atoms with Gasteiger partial charge in [-0.15, -0.1) is 0 Å². The lowest BCUT2D eigenvalue weighted by Gasteiger charge is -2.27.